The number of halogens is 1. The lowest BCUT2D eigenvalue weighted by atomic mass is 10.1. The Balaban J connectivity index is 0.00000200. The molecule has 1 aromatic heterocycles. The van der Waals surface area contributed by atoms with Gasteiger partial charge in [0.05, 0.1) is 13.0 Å². The third-order valence-electron chi connectivity index (χ3n) is 2.84. The normalized spacial score (nSPS) is 9.90. The van der Waals surface area contributed by atoms with Crippen LogP contribution in [0.25, 0.3) is 0 Å². The molecule has 0 bridgehead atoms. The van der Waals surface area contributed by atoms with Gasteiger partial charge in [-0.15, -0.1) is 12.4 Å². The average Bonchev–Trinajstić information content (AvgIpc) is 2.77. The Morgan fingerprint density at radius 2 is 2.00 bits per heavy atom. The van der Waals surface area contributed by atoms with Gasteiger partial charge in [-0.3, -0.25) is 4.79 Å². The van der Waals surface area contributed by atoms with Crippen LogP contribution in [0.2, 0.25) is 0 Å². The van der Waals surface area contributed by atoms with E-state index in [2.05, 4.69) is 5.16 Å². The highest BCUT2D eigenvalue weighted by atomic mass is 35.5. The predicted molar refractivity (Wildman–Crippen MR) is 79.5 cm³/mol. The van der Waals surface area contributed by atoms with E-state index in [1.165, 1.54) is 0 Å². The smallest absolute Gasteiger partial charge is 0.227 e. The van der Waals surface area contributed by atoms with Crippen molar-refractivity contribution >= 4 is 24.0 Å². The SMILES string of the molecule is Cc1cc(CN(C)C(=O)Cc2ccc(N)cc2)no1.Cl. The van der Waals surface area contributed by atoms with Crippen molar-refractivity contribution in [2.45, 2.75) is 19.9 Å². The number of nitrogen functional groups attached to an aromatic ring is 1. The van der Waals surface area contributed by atoms with Crippen molar-refractivity contribution in [2.24, 2.45) is 0 Å². The van der Waals surface area contributed by atoms with E-state index >= 15 is 0 Å². The molecule has 1 amide bonds. The number of aryl methyl sites for hydroxylation is 1. The fourth-order valence-corrected chi connectivity index (χ4v) is 1.77. The van der Waals surface area contributed by atoms with Crippen LogP contribution >= 0.6 is 12.4 Å². The molecule has 0 aliphatic carbocycles. The first-order chi connectivity index (χ1) is 9.04. The van der Waals surface area contributed by atoms with Crippen LogP contribution in [-0.4, -0.2) is 23.0 Å². The molecule has 2 aromatic rings. The molecule has 5 nitrogen and oxygen atoms in total. The number of nitrogens with zero attached hydrogens (tertiary/aromatic N) is 2. The zero-order valence-corrected chi connectivity index (χ0v) is 12.3. The number of hydrogen-bond acceptors (Lipinski definition) is 4. The quantitative estimate of drug-likeness (QED) is 0.878. The Bertz CT molecular complexity index is 566. The van der Waals surface area contributed by atoms with Crippen LogP contribution in [0.3, 0.4) is 0 Å². The zero-order chi connectivity index (χ0) is 13.8. The number of aromatic nitrogens is 1. The molecule has 0 saturated heterocycles. The molecule has 6 heteroatoms. The van der Waals surface area contributed by atoms with Gasteiger partial charge in [0.1, 0.15) is 11.5 Å². The number of rotatable bonds is 4. The summed E-state index contributed by atoms with van der Waals surface area (Å²) < 4.78 is 4.97. The Morgan fingerprint density at radius 3 is 2.55 bits per heavy atom. The Morgan fingerprint density at radius 1 is 1.35 bits per heavy atom. The van der Waals surface area contributed by atoms with Crippen LogP contribution in [0.4, 0.5) is 5.69 Å². The standard InChI is InChI=1S/C14H17N3O2.ClH/c1-10-7-13(16-19-10)9-17(2)14(18)8-11-3-5-12(15)6-4-11;/h3-7H,8-9,15H2,1-2H3;1H. The van der Waals surface area contributed by atoms with Crippen molar-refractivity contribution in [1.82, 2.24) is 10.1 Å². The van der Waals surface area contributed by atoms with Gasteiger partial charge in [-0.25, -0.2) is 0 Å². The molecule has 0 fully saturated rings. The van der Waals surface area contributed by atoms with Gasteiger partial charge in [-0.05, 0) is 24.6 Å². The Labute approximate surface area is 124 Å². The summed E-state index contributed by atoms with van der Waals surface area (Å²) in [7, 11) is 1.75. The van der Waals surface area contributed by atoms with Crippen LogP contribution < -0.4 is 5.73 Å². The molecular formula is C14H18ClN3O2. The first-order valence-electron chi connectivity index (χ1n) is 6.05. The number of benzene rings is 1. The highest BCUT2D eigenvalue weighted by Gasteiger charge is 2.12. The molecule has 2 N–H and O–H groups in total. The van der Waals surface area contributed by atoms with Gasteiger partial charge in [0, 0.05) is 18.8 Å². The highest BCUT2D eigenvalue weighted by Crippen LogP contribution is 2.09. The largest absolute Gasteiger partial charge is 0.399 e. The fourth-order valence-electron chi connectivity index (χ4n) is 1.77. The van der Waals surface area contributed by atoms with Crippen LogP contribution in [-0.2, 0) is 17.8 Å². The number of anilines is 1. The number of amides is 1. The van der Waals surface area contributed by atoms with Gasteiger partial charge in [-0.1, -0.05) is 17.3 Å². The summed E-state index contributed by atoms with van der Waals surface area (Å²) in [6.45, 7) is 2.28. The van der Waals surface area contributed by atoms with Crippen molar-refractivity contribution in [3.8, 4) is 0 Å². The molecule has 20 heavy (non-hydrogen) atoms. The van der Waals surface area contributed by atoms with E-state index in [9.17, 15) is 4.79 Å². The van der Waals surface area contributed by atoms with Gasteiger partial charge in [0.15, 0.2) is 0 Å². The number of carbonyl (C=O) groups is 1. The molecular weight excluding hydrogens is 278 g/mol. The van der Waals surface area contributed by atoms with Crippen LogP contribution in [0.1, 0.15) is 17.0 Å². The van der Waals surface area contributed by atoms with Crippen molar-refractivity contribution in [1.29, 1.82) is 0 Å². The van der Waals surface area contributed by atoms with Crippen molar-refractivity contribution in [2.75, 3.05) is 12.8 Å². The fraction of sp³-hybridized carbons (Fsp3) is 0.286. The summed E-state index contributed by atoms with van der Waals surface area (Å²) in [5, 5.41) is 3.87. The molecule has 108 valence electrons. The minimum atomic E-state index is 0. The van der Waals surface area contributed by atoms with Gasteiger partial charge in [-0.2, -0.15) is 0 Å². The van der Waals surface area contributed by atoms with Crippen LogP contribution in [0.15, 0.2) is 34.9 Å². The minimum absolute atomic E-state index is 0. The van der Waals surface area contributed by atoms with Crippen molar-refractivity contribution < 1.29 is 9.32 Å². The number of nitrogens with two attached hydrogens (primary N) is 1. The summed E-state index contributed by atoms with van der Waals surface area (Å²) in [4.78, 5) is 13.7. The van der Waals surface area contributed by atoms with E-state index in [0.29, 0.717) is 18.7 Å². The van der Waals surface area contributed by atoms with Gasteiger partial charge >= 0.3 is 0 Å². The van der Waals surface area contributed by atoms with E-state index in [0.717, 1.165) is 17.0 Å². The first-order valence-corrected chi connectivity index (χ1v) is 6.05. The molecule has 0 unspecified atom stereocenters. The third-order valence-corrected chi connectivity index (χ3v) is 2.84. The molecule has 0 saturated carbocycles. The third kappa shape index (κ3) is 4.28. The van der Waals surface area contributed by atoms with E-state index < -0.39 is 0 Å². The molecule has 0 aliphatic rings. The Hall–Kier alpha value is -2.01. The summed E-state index contributed by atoms with van der Waals surface area (Å²) in [5.74, 6) is 0.778. The van der Waals surface area contributed by atoms with Gasteiger partial charge < -0.3 is 15.2 Å². The monoisotopic (exact) mass is 295 g/mol. The van der Waals surface area contributed by atoms with Crippen LogP contribution in [0.5, 0.6) is 0 Å². The summed E-state index contributed by atoms with van der Waals surface area (Å²) in [5.41, 5.74) is 8.01. The lowest BCUT2D eigenvalue weighted by Gasteiger charge is -2.15. The number of hydrogen-bond donors (Lipinski definition) is 1. The summed E-state index contributed by atoms with van der Waals surface area (Å²) >= 11 is 0. The van der Waals surface area contributed by atoms with E-state index in [1.807, 2.05) is 25.1 Å². The average molecular weight is 296 g/mol. The second kappa shape index (κ2) is 6.96. The van der Waals surface area contributed by atoms with Crippen molar-refractivity contribution in [3.63, 3.8) is 0 Å². The molecule has 1 aromatic carbocycles. The van der Waals surface area contributed by atoms with E-state index in [1.54, 1.807) is 24.1 Å². The first kappa shape index (κ1) is 16.0. The zero-order valence-electron chi connectivity index (χ0n) is 11.5. The molecule has 0 atom stereocenters. The molecule has 0 radical (unpaired) electrons. The number of carbonyl (C=O) groups excluding carboxylic acids is 1. The minimum Gasteiger partial charge on any atom is -0.399 e. The predicted octanol–water partition coefficient (Wildman–Crippen LogP) is 2.19. The van der Waals surface area contributed by atoms with Gasteiger partial charge in [0.2, 0.25) is 5.91 Å². The number of likely N-dealkylation sites (N-methyl/N-ethyl adjacent to an activating group) is 1. The molecule has 0 aliphatic heterocycles. The topological polar surface area (TPSA) is 72.4 Å². The highest BCUT2D eigenvalue weighted by molar-refractivity contribution is 5.85. The lowest BCUT2D eigenvalue weighted by molar-refractivity contribution is -0.129. The summed E-state index contributed by atoms with van der Waals surface area (Å²) in [6.07, 6.45) is 0.355. The summed E-state index contributed by atoms with van der Waals surface area (Å²) in [6, 6.07) is 9.14. The second-order valence-electron chi connectivity index (χ2n) is 4.60. The Kier molecular flexibility index (Phi) is 5.58. The second-order valence-corrected chi connectivity index (χ2v) is 4.60. The van der Waals surface area contributed by atoms with Crippen LogP contribution in [0, 0.1) is 6.92 Å². The van der Waals surface area contributed by atoms with Gasteiger partial charge in [0.25, 0.3) is 0 Å². The maximum Gasteiger partial charge on any atom is 0.227 e. The van der Waals surface area contributed by atoms with E-state index in [-0.39, 0.29) is 18.3 Å². The molecule has 2 rings (SSSR count). The maximum atomic E-state index is 12.0. The lowest BCUT2D eigenvalue weighted by Crippen LogP contribution is -2.27. The maximum absolute atomic E-state index is 12.0. The van der Waals surface area contributed by atoms with E-state index in [4.69, 9.17) is 10.3 Å². The molecule has 0 spiro atoms. The molecule has 1 heterocycles. The van der Waals surface area contributed by atoms with Crippen molar-refractivity contribution in [3.05, 3.63) is 47.3 Å².